The quantitative estimate of drug-likeness (QED) is 0.228. The number of carbonyl (C=O) groups is 1. The highest BCUT2D eigenvalue weighted by Crippen LogP contribution is 2.42. The lowest BCUT2D eigenvalue weighted by Crippen LogP contribution is -2.30. The molecule has 9 heteroatoms. The third-order valence-electron chi connectivity index (χ3n) is 6.71. The molecule has 3 aromatic heterocycles. The van der Waals surface area contributed by atoms with E-state index < -0.39 is 0 Å². The van der Waals surface area contributed by atoms with E-state index in [0.717, 1.165) is 22.8 Å². The first-order valence-electron chi connectivity index (χ1n) is 12.9. The largest absolute Gasteiger partial charge is 0.484 e. The molecule has 2 N–H and O–H groups in total. The number of pyridine rings is 1. The average Bonchev–Trinajstić information content (AvgIpc) is 3.74. The first-order chi connectivity index (χ1) is 19.7. The van der Waals surface area contributed by atoms with E-state index in [2.05, 4.69) is 31.2 Å². The van der Waals surface area contributed by atoms with Crippen molar-refractivity contribution in [2.45, 2.75) is 18.6 Å². The van der Waals surface area contributed by atoms with Crippen LogP contribution in [0.2, 0.25) is 0 Å². The fourth-order valence-corrected chi connectivity index (χ4v) is 5.26. The third-order valence-corrected chi connectivity index (χ3v) is 7.03. The number of aromatic nitrogens is 2. The molecule has 1 aliphatic heterocycles. The van der Waals surface area contributed by atoms with Crippen LogP contribution in [0.5, 0.6) is 5.75 Å². The molecule has 0 aliphatic carbocycles. The van der Waals surface area contributed by atoms with Crippen LogP contribution in [0, 0.1) is 0 Å². The number of para-hydroxylation sites is 1. The maximum absolute atomic E-state index is 12.5. The van der Waals surface area contributed by atoms with Crippen LogP contribution in [0.15, 0.2) is 120 Å². The van der Waals surface area contributed by atoms with Gasteiger partial charge in [0.05, 0.1) is 24.5 Å². The Bertz CT molecular complexity index is 1570. The van der Waals surface area contributed by atoms with E-state index in [4.69, 9.17) is 21.4 Å². The molecule has 40 heavy (non-hydrogen) atoms. The number of nitrogens with one attached hydrogen (secondary N) is 2. The molecular weight excluding hydrogens is 522 g/mol. The van der Waals surface area contributed by atoms with Gasteiger partial charge >= 0.3 is 0 Å². The van der Waals surface area contributed by atoms with Crippen molar-refractivity contribution in [2.24, 2.45) is 0 Å². The van der Waals surface area contributed by atoms with Crippen LogP contribution < -0.4 is 20.3 Å². The van der Waals surface area contributed by atoms with Gasteiger partial charge < -0.3 is 29.3 Å². The summed E-state index contributed by atoms with van der Waals surface area (Å²) < 4.78 is 13.4. The molecule has 1 fully saturated rings. The van der Waals surface area contributed by atoms with Gasteiger partial charge in [0.1, 0.15) is 17.6 Å². The number of rotatable bonds is 9. The summed E-state index contributed by atoms with van der Waals surface area (Å²) >= 11 is 5.87. The summed E-state index contributed by atoms with van der Waals surface area (Å²) in [6.07, 6.45) is 5.52. The summed E-state index contributed by atoms with van der Waals surface area (Å²) in [4.78, 5) is 19.2. The Balaban J connectivity index is 1.25. The van der Waals surface area contributed by atoms with E-state index >= 15 is 0 Å². The number of thiocarbonyl (C=S) groups is 1. The summed E-state index contributed by atoms with van der Waals surface area (Å²) in [6, 6.07) is 30.4. The van der Waals surface area contributed by atoms with E-state index in [9.17, 15) is 4.79 Å². The van der Waals surface area contributed by atoms with Crippen molar-refractivity contribution < 1.29 is 13.9 Å². The minimum absolute atomic E-state index is 0.0770. The van der Waals surface area contributed by atoms with Gasteiger partial charge in [-0.15, -0.1) is 0 Å². The van der Waals surface area contributed by atoms with Crippen molar-refractivity contribution in [1.29, 1.82) is 0 Å². The molecule has 2 aromatic carbocycles. The maximum atomic E-state index is 12.5. The average molecular weight is 550 g/mol. The fourth-order valence-electron chi connectivity index (χ4n) is 4.91. The SMILES string of the molecule is O=C(COc1ccccc1)Nc1ccc(N2C(=S)N[C@H](c3ccccn3)[C@H]2c2cccn2Cc2ccco2)cc1. The number of ether oxygens (including phenoxy) is 1. The topological polar surface area (TPSA) is 84.6 Å². The summed E-state index contributed by atoms with van der Waals surface area (Å²) in [5.41, 5.74) is 3.52. The molecule has 8 nitrogen and oxygen atoms in total. The predicted molar refractivity (Wildman–Crippen MR) is 157 cm³/mol. The van der Waals surface area contributed by atoms with Gasteiger partial charge in [-0.2, -0.15) is 0 Å². The predicted octanol–water partition coefficient (Wildman–Crippen LogP) is 5.72. The Kier molecular flexibility index (Phi) is 7.28. The molecule has 1 saturated heterocycles. The third kappa shape index (κ3) is 5.45. The number of hydrogen-bond donors (Lipinski definition) is 2. The molecule has 2 atom stereocenters. The van der Waals surface area contributed by atoms with Crippen molar-refractivity contribution in [3.63, 3.8) is 0 Å². The van der Waals surface area contributed by atoms with Gasteiger partial charge in [-0.3, -0.25) is 9.78 Å². The van der Waals surface area contributed by atoms with Crippen molar-refractivity contribution in [3.05, 3.63) is 133 Å². The number of furan rings is 1. The zero-order valence-corrected chi connectivity index (χ0v) is 22.3. The second kappa shape index (κ2) is 11.5. The molecule has 200 valence electrons. The Labute approximate surface area is 237 Å². The minimum Gasteiger partial charge on any atom is -0.484 e. The molecule has 0 saturated carbocycles. The molecule has 1 aliphatic rings. The van der Waals surface area contributed by atoms with Gasteiger partial charge in [0.15, 0.2) is 11.7 Å². The highest BCUT2D eigenvalue weighted by Gasteiger charge is 2.42. The second-order valence-electron chi connectivity index (χ2n) is 9.33. The zero-order valence-electron chi connectivity index (χ0n) is 21.5. The molecule has 1 amide bonds. The van der Waals surface area contributed by atoms with Crippen LogP contribution in [0.1, 0.15) is 29.2 Å². The van der Waals surface area contributed by atoms with E-state index in [1.54, 1.807) is 12.5 Å². The van der Waals surface area contributed by atoms with E-state index in [0.29, 0.717) is 23.1 Å². The number of carbonyl (C=O) groups excluding carboxylic acids is 1. The number of benzene rings is 2. The molecule has 5 aromatic rings. The summed E-state index contributed by atoms with van der Waals surface area (Å²) in [5.74, 6) is 1.27. The molecular formula is C31H27N5O3S. The Morgan fingerprint density at radius 1 is 0.975 bits per heavy atom. The monoisotopic (exact) mass is 549 g/mol. The van der Waals surface area contributed by atoms with Crippen molar-refractivity contribution in [3.8, 4) is 5.75 Å². The lowest BCUT2D eigenvalue weighted by Gasteiger charge is -2.29. The maximum Gasteiger partial charge on any atom is 0.262 e. The highest BCUT2D eigenvalue weighted by molar-refractivity contribution is 7.80. The normalized spacial score (nSPS) is 16.5. The van der Waals surface area contributed by atoms with Gasteiger partial charge in [0.25, 0.3) is 5.91 Å². The van der Waals surface area contributed by atoms with Crippen LogP contribution in [-0.2, 0) is 11.3 Å². The molecule has 6 rings (SSSR count). The highest BCUT2D eigenvalue weighted by atomic mass is 32.1. The van der Waals surface area contributed by atoms with Crippen LogP contribution >= 0.6 is 12.2 Å². The van der Waals surface area contributed by atoms with Gasteiger partial charge in [-0.1, -0.05) is 24.3 Å². The minimum atomic E-state index is -0.237. The summed E-state index contributed by atoms with van der Waals surface area (Å²) in [7, 11) is 0. The number of nitrogens with zero attached hydrogens (tertiary/aromatic N) is 3. The van der Waals surface area contributed by atoms with Crippen LogP contribution in [-0.4, -0.2) is 27.2 Å². The first-order valence-corrected chi connectivity index (χ1v) is 13.3. The lowest BCUT2D eigenvalue weighted by atomic mass is 10.0. The number of anilines is 2. The van der Waals surface area contributed by atoms with Crippen molar-refractivity contribution >= 4 is 34.6 Å². The van der Waals surface area contributed by atoms with Crippen molar-refractivity contribution in [1.82, 2.24) is 14.9 Å². The first kappa shape index (κ1) is 25.4. The summed E-state index contributed by atoms with van der Waals surface area (Å²) in [6.45, 7) is 0.518. The molecule has 0 spiro atoms. The van der Waals surface area contributed by atoms with Gasteiger partial charge in [0.2, 0.25) is 0 Å². The Morgan fingerprint density at radius 3 is 2.55 bits per heavy atom. The molecule has 0 unspecified atom stereocenters. The van der Waals surface area contributed by atoms with Crippen LogP contribution in [0.25, 0.3) is 0 Å². The van der Waals surface area contributed by atoms with Crippen LogP contribution in [0.3, 0.4) is 0 Å². The fraction of sp³-hybridized carbons (Fsp3) is 0.129. The standard InChI is InChI=1S/C31H27N5O3S/c37-28(21-39-24-8-2-1-3-9-24)33-22-13-15-23(16-14-22)36-30(29(34-31(36)40)26-11-4-5-17-32-26)27-12-6-18-35(27)20-25-10-7-19-38-25/h1-19,29-30H,20-21H2,(H,33,37)(H,34,40)/t29-,30-/m1/s1. The van der Waals surface area contributed by atoms with Crippen molar-refractivity contribution in [2.75, 3.05) is 16.8 Å². The molecule has 4 heterocycles. The van der Waals surface area contributed by atoms with Gasteiger partial charge in [0, 0.05) is 29.5 Å². The zero-order chi connectivity index (χ0) is 27.3. The summed E-state index contributed by atoms with van der Waals surface area (Å²) in [5, 5.41) is 6.98. The van der Waals surface area contributed by atoms with Gasteiger partial charge in [-0.25, -0.2) is 0 Å². The van der Waals surface area contributed by atoms with E-state index in [-0.39, 0.29) is 24.6 Å². The lowest BCUT2D eigenvalue weighted by molar-refractivity contribution is -0.118. The van der Waals surface area contributed by atoms with Gasteiger partial charge in [-0.05, 0) is 85.0 Å². The second-order valence-corrected chi connectivity index (χ2v) is 9.72. The molecule has 0 bridgehead atoms. The Morgan fingerprint density at radius 2 is 1.80 bits per heavy atom. The number of amides is 1. The molecule has 0 radical (unpaired) electrons. The Hall–Kier alpha value is -4.89. The van der Waals surface area contributed by atoms with E-state index in [1.807, 2.05) is 97.2 Å². The number of hydrogen-bond acceptors (Lipinski definition) is 5. The van der Waals surface area contributed by atoms with E-state index in [1.165, 1.54) is 0 Å². The van der Waals surface area contributed by atoms with Crippen LogP contribution in [0.4, 0.5) is 11.4 Å². The smallest absolute Gasteiger partial charge is 0.262 e.